The van der Waals surface area contributed by atoms with Crippen LogP contribution in [0.25, 0.3) is 0 Å². The molecule has 104 valence electrons. The second-order valence-electron chi connectivity index (χ2n) is 5.63. The van der Waals surface area contributed by atoms with E-state index in [1.165, 1.54) is 10.8 Å². The number of carboxylic acid groups (broad SMARTS) is 1. The van der Waals surface area contributed by atoms with Crippen molar-refractivity contribution in [3.8, 4) is 0 Å². The summed E-state index contributed by atoms with van der Waals surface area (Å²) in [7, 11) is 0. The Kier molecular flexibility index (Phi) is 4.02. The summed E-state index contributed by atoms with van der Waals surface area (Å²) >= 11 is 0. The molecule has 5 heteroatoms. The van der Waals surface area contributed by atoms with Gasteiger partial charge in [-0.3, -0.25) is 4.57 Å². The predicted octanol–water partition coefficient (Wildman–Crippen LogP) is 2.26. The minimum Gasteiger partial charge on any atom is -0.478 e. The number of aromatic nitrogens is 2. The van der Waals surface area contributed by atoms with Gasteiger partial charge in [0.15, 0.2) is 0 Å². The van der Waals surface area contributed by atoms with Crippen LogP contribution >= 0.6 is 0 Å². The smallest absolute Gasteiger partial charge is 0.348 e. The van der Waals surface area contributed by atoms with Crippen LogP contribution in [0.4, 0.5) is 0 Å². The van der Waals surface area contributed by atoms with Gasteiger partial charge < -0.3 is 5.11 Å². The second kappa shape index (κ2) is 5.55. The molecule has 2 rings (SSSR count). The van der Waals surface area contributed by atoms with Gasteiger partial charge in [-0.05, 0) is 25.2 Å². The molecule has 0 atom stereocenters. The van der Waals surface area contributed by atoms with Crippen molar-refractivity contribution < 1.29 is 9.90 Å². The zero-order chi connectivity index (χ0) is 14.0. The number of hydrogen-bond acceptors (Lipinski definition) is 3. The molecule has 0 bridgehead atoms. The van der Waals surface area contributed by atoms with Gasteiger partial charge in [0.25, 0.3) is 0 Å². The molecule has 0 aromatic carbocycles. The summed E-state index contributed by atoms with van der Waals surface area (Å²) < 4.78 is 1.51. The Morgan fingerprint density at radius 1 is 1.47 bits per heavy atom. The molecular weight excluding hydrogens is 244 g/mol. The van der Waals surface area contributed by atoms with Gasteiger partial charge in [0.1, 0.15) is 0 Å². The molecule has 1 fully saturated rings. The molecule has 1 aliphatic carbocycles. The van der Waals surface area contributed by atoms with Crippen LogP contribution < -0.4 is 5.69 Å². The van der Waals surface area contributed by atoms with Gasteiger partial charge in [-0.1, -0.05) is 26.7 Å². The Balaban J connectivity index is 2.45. The number of nitrogens with zero attached hydrogens (tertiary/aromatic N) is 2. The fraction of sp³-hybridized carbons (Fsp3) is 0.643. The normalized spacial score (nSPS) is 16.2. The lowest BCUT2D eigenvalue weighted by molar-refractivity contribution is 0.0693. The number of hydrogen-bond donors (Lipinski definition) is 1. The first-order valence-corrected chi connectivity index (χ1v) is 6.84. The fourth-order valence-electron chi connectivity index (χ4n) is 2.67. The minimum absolute atomic E-state index is 0.117. The van der Waals surface area contributed by atoms with Crippen LogP contribution in [-0.2, 0) is 6.42 Å². The van der Waals surface area contributed by atoms with Crippen LogP contribution in [0, 0.1) is 5.92 Å². The summed E-state index contributed by atoms with van der Waals surface area (Å²) in [6.07, 6.45) is 6.06. The topological polar surface area (TPSA) is 72.2 Å². The number of rotatable bonds is 4. The van der Waals surface area contributed by atoms with E-state index in [1.54, 1.807) is 0 Å². The third kappa shape index (κ3) is 3.03. The van der Waals surface area contributed by atoms with Crippen molar-refractivity contribution in [1.29, 1.82) is 0 Å². The molecule has 0 unspecified atom stereocenters. The Labute approximate surface area is 112 Å². The average molecular weight is 264 g/mol. The lowest BCUT2D eigenvalue weighted by Gasteiger charge is -2.15. The van der Waals surface area contributed by atoms with Crippen LogP contribution in [0.5, 0.6) is 0 Å². The van der Waals surface area contributed by atoms with Crippen molar-refractivity contribution in [3.05, 3.63) is 27.9 Å². The summed E-state index contributed by atoms with van der Waals surface area (Å²) in [4.78, 5) is 27.4. The molecule has 0 spiro atoms. The van der Waals surface area contributed by atoms with E-state index in [2.05, 4.69) is 4.98 Å². The average Bonchev–Trinajstić information content (AvgIpc) is 2.81. The highest BCUT2D eigenvalue weighted by molar-refractivity contribution is 5.88. The minimum atomic E-state index is -1.00. The van der Waals surface area contributed by atoms with E-state index >= 15 is 0 Å². The van der Waals surface area contributed by atoms with Crippen LogP contribution in [-0.4, -0.2) is 20.6 Å². The quantitative estimate of drug-likeness (QED) is 0.905. The van der Waals surface area contributed by atoms with Crippen LogP contribution in [0.1, 0.15) is 61.6 Å². The predicted molar refractivity (Wildman–Crippen MR) is 71.5 cm³/mol. The maximum Gasteiger partial charge on any atom is 0.348 e. The van der Waals surface area contributed by atoms with Gasteiger partial charge in [0.05, 0.1) is 11.3 Å². The van der Waals surface area contributed by atoms with Crippen molar-refractivity contribution in [2.24, 2.45) is 5.92 Å². The Bertz CT molecular complexity index is 528. The second-order valence-corrected chi connectivity index (χ2v) is 5.63. The van der Waals surface area contributed by atoms with Crippen LogP contribution in [0.3, 0.4) is 0 Å². The molecular formula is C14H20N2O3. The summed E-state index contributed by atoms with van der Waals surface area (Å²) in [5.74, 6) is -0.734. The standard InChI is InChI=1S/C14H20N2O3/c1-9(2)7-12-11(13(17)18)8-16(14(19)15-12)10-5-3-4-6-10/h8-10H,3-7H2,1-2H3,(H,17,18). The van der Waals surface area contributed by atoms with Gasteiger partial charge in [-0.15, -0.1) is 0 Å². The molecule has 19 heavy (non-hydrogen) atoms. The number of aromatic carboxylic acids is 1. The van der Waals surface area contributed by atoms with E-state index in [4.69, 9.17) is 0 Å². The van der Waals surface area contributed by atoms with Crippen molar-refractivity contribution in [3.63, 3.8) is 0 Å². The number of carbonyl (C=O) groups is 1. The molecule has 1 saturated carbocycles. The molecule has 0 aliphatic heterocycles. The van der Waals surface area contributed by atoms with Crippen LogP contribution in [0.2, 0.25) is 0 Å². The van der Waals surface area contributed by atoms with Gasteiger partial charge >= 0.3 is 11.7 Å². The highest BCUT2D eigenvalue weighted by Crippen LogP contribution is 2.28. The van der Waals surface area contributed by atoms with Crippen molar-refractivity contribution in [2.45, 2.75) is 52.0 Å². The Morgan fingerprint density at radius 2 is 2.11 bits per heavy atom. The Hall–Kier alpha value is -1.65. The first-order chi connectivity index (χ1) is 8.99. The van der Waals surface area contributed by atoms with Crippen molar-refractivity contribution in [1.82, 2.24) is 9.55 Å². The monoisotopic (exact) mass is 264 g/mol. The van der Waals surface area contributed by atoms with E-state index in [9.17, 15) is 14.7 Å². The van der Waals surface area contributed by atoms with Gasteiger partial charge in [0.2, 0.25) is 0 Å². The molecule has 1 aromatic rings. The van der Waals surface area contributed by atoms with Crippen LogP contribution in [0.15, 0.2) is 11.0 Å². The number of carboxylic acids is 1. The molecule has 1 aliphatic rings. The van der Waals surface area contributed by atoms with E-state index in [1.807, 2.05) is 13.8 Å². The zero-order valence-electron chi connectivity index (χ0n) is 11.4. The molecule has 1 aromatic heterocycles. The first kappa shape index (κ1) is 13.8. The highest BCUT2D eigenvalue weighted by atomic mass is 16.4. The third-order valence-electron chi connectivity index (χ3n) is 3.58. The SMILES string of the molecule is CC(C)Cc1nc(=O)n(C2CCCC2)cc1C(=O)O. The van der Waals surface area contributed by atoms with E-state index in [0.717, 1.165) is 25.7 Å². The zero-order valence-corrected chi connectivity index (χ0v) is 11.4. The summed E-state index contributed by atoms with van der Waals surface area (Å²) in [5.41, 5.74) is 0.259. The summed E-state index contributed by atoms with van der Waals surface area (Å²) in [6.45, 7) is 3.96. The molecule has 1 heterocycles. The van der Waals surface area contributed by atoms with E-state index in [-0.39, 0.29) is 23.2 Å². The largest absolute Gasteiger partial charge is 0.478 e. The highest BCUT2D eigenvalue weighted by Gasteiger charge is 2.22. The molecule has 0 amide bonds. The molecule has 0 radical (unpaired) electrons. The van der Waals surface area contributed by atoms with Gasteiger partial charge in [-0.25, -0.2) is 9.59 Å². The third-order valence-corrected chi connectivity index (χ3v) is 3.58. The molecule has 0 saturated heterocycles. The maximum atomic E-state index is 12.0. The lowest BCUT2D eigenvalue weighted by Crippen LogP contribution is -2.29. The molecule has 1 N–H and O–H groups in total. The summed E-state index contributed by atoms with van der Waals surface area (Å²) in [5, 5.41) is 9.28. The molecule has 5 nitrogen and oxygen atoms in total. The van der Waals surface area contributed by atoms with Crippen molar-refractivity contribution in [2.75, 3.05) is 0 Å². The first-order valence-electron chi connectivity index (χ1n) is 6.84. The summed E-state index contributed by atoms with van der Waals surface area (Å²) in [6, 6.07) is 0.117. The fourth-order valence-corrected chi connectivity index (χ4v) is 2.67. The van der Waals surface area contributed by atoms with E-state index < -0.39 is 5.97 Å². The van der Waals surface area contributed by atoms with E-state index in [0.29, 0.717) is 12.1 Å². The Morgan fingerprint density at radius 3 is 2.63 bits per heavy atom. The lowest BCUT2D eigenvalue weighted by atomic mass is 10.0. The van der Waals surface area contributed by atoms with Gasteiger partial charge in [-0.2, -0.15) is 4.98 Å². The van der Waals surface area contributed by atoms with Gasteiger partial charge in [0, 0.05) is 12.2 Å². The van der Waals surface area contributed by atoms with Crippen molar-refractivity contribution >= 4 is 5.97 Å². The maximum absolute atomic E-state index is 12.0.